The van der Waals surface area contributed by atoms with Crippen LogP contribution in [0.4, 0.5) is 0 Å². The Balaban J connectivity index is 1.96. The molecule has 0 saturated heterocycles. The molecule has 2 N–H and O–H groups in total. The van der Waals surface area contributed by atoms with Crippen molar-refractivity contribution in [2.45, 2.75) is 39.3 Å². The van der Waals surface area contributed by atoms with Crippen molar-refractivity contribution in [3.05, 3.63) is 29.6 Å². The molecule has 0 aromatic carbocycles. The first-order valence-corrected chi connectivity index (χ1v) is 6.68. The van der Waals surface area contributed by atoms with Gasteiger partial charge in [0.15, 0.2) is 0 Å². The largest absolute Gasteiger partial charge is 0.326 e. The summed E-state index contributed by atoms with van der Waals surface area (Å²) in [5, 5.41) is 0. The minimum absolute atomic E-state index is 0.587. The molecule has 2 rings (SSSR count). The summed E-state index contributed by atoms with van der Waals surface area (Å²) in [6.07, 6.45) is 6.09. The molecule has 3 heteroatoms. The third kappa shape index (κ3) is 3.27. The third-order valence-corrected chi connectivity index (χ3v) is 3.77. The average Bonchev–Trinajstić information content (AvgIpc) is 2.32. The van der Waals surface area contributed by atoms with E-state index in [2.05, 4.69) is 22.9 Å². The van der Waals surface area contributed by atoms with E-state index in [9.17, 15) is 0 Å². The first-order chi connectivity index (χ1) is 8.33. The summed E-state index contributed by atoms with van der Waals surface area (Å²) in [4.78, 5) is 6.96. The van der Waals surface area contributed by atoms with Crippen molar-refractivity contribution < 1.29 is 0 Å². The van der Waals surface area contributed by atoms with Crippen LogP contribution in [-0.2, 0) is 13.1 Å². The number of rotatable bonds is 6. The molecule has 1 aliphatic carbocycles. The van der Waals surface area contributed by atoms with Gasteiger partial charge in [-0.25, -0.2) is 0 Å². The van der Waals surface area contributed by atoms with Gasteiger partial charge in [-0.15, -0.1) is 0 Å². The molecule has 1 aliphatic rings. The van der Waals surface area contributed by atoms with E-state index in [1.54, 1.807) is 0 Å². The van der Waals surface area contributed by atoms with Gasteiger partial charge in [0, 0.05) is 25.8 Å². The summed E-state index contributed by atoms with van der Waals surface area (Å²) in [6.45, 7) is 6.07. The Kier molecular flexibility index (Phi) is 4.51. The predicted octanol–water partition coefficient (Wildman–Crippen LogP) is 2.16. The zero-order chi connectivity index (χ0) is 12.1. The fraction of sp³-hybridized carbons (Fsp3) is 0.643. The van der Waals surface area contributed by atoms with Crippen molar-refractivity contribution in [1.29, 1.82) is 0 Å². The van der Waals surface area contributed by atoms with Gasteiger partial charge in [-0.2, -0.15) is 0 Å². The minimum Gasteiger partial charge on any atom is -0.326 e. The van der Waals surface area contributed by atoms with Crippen LogP contribution >= 0.6 is 0 Å². The SMILES string of the molecule is CCN(Cc1ncccc1CN)CC1CCC1. The van der Waals surface area contributed by atoms with Gasteiger partial charge in [0.25, 0.3) is 0 Å². The van der Waals surface area contributed by atoms with Crippen LogP contribution in [0.1, 0.15) is 37.4 Å². The van der Waals surface area contributed by atoms with Gasteiger partial charge in [0.05, 0.1) is 5.69 Å². The molecule has 0 spiro atoms. The van der Waals surface area contributed by atoms with E-state index >= 15 is 0 Å². The van der Waals surface area contributed by atoms with E-state index in [-0.39, 0.29) is 0 Å². The molecule has 17 heavy (non-hydrogen) atoms. The number of hydrogen-bond acceptors (Lipinski definition) is 3. The van der Waals surface area contributed by atoms with Crippen molar-refractivity contribution >= 4 is 0 Å². The Morgan fingerprint density at radius 1 is 1.47 bits per heavy atom. The van der Waals surface area contributed by atoms with Crippen molar-refractivity contribution in [3.8, 4) is 0 Å². The maximum absolute atomic E-state index is 5.75. The zero-order valence-electron chi connectivity index (χ0n) is 10.7. The van der Waals surface area contributed by atoms with Crippen molar-refractivity contribution in [2.75, 3.05) is 13.1 Å². The lowest BCUT2D eigenvalue weighted by Crippen LogP contribution is -2.32. The lowest BCUT2D eigenvalue weighted by Gasteiger charge is -2.31. The molecule has 1 heterocycles. The molecule has 1 saturated carbocycles. The van der Waals surface area contributed by atoms with Crippen LogP contribution in [0, 0.1) is 5.92 Å². The summed E-state index contributed by atoms with van der Waals surface area (Å²) in [6, 6.07) is 4.05. The van der Waals surface area contributed by atoms with Crippen molar-refractivity contribution in [1.82, 2.24) is 9.88 Å². The van der Waals surface area contributed by atoms with E-state index < -0.39 is 0 Å². The molecular weight excluding hydrogens is 210 g/mol. The fourth-order valence-electron chi connectivity index (χ4n) is 2.36. The molecule has 3 nitrogen and oxygen atoms in total. The quantitative estimate of drug-likeness (QED) is 0.818. The van der Waals surface area contributed by atoms with Gasteiger partial charge in [-0.05, 0) is 36.9 Å². The highest BCUT2D eigenvalue weighted by atomic mass is 15.1. The maximum Gasteiger partial charge on any atom is 0.0588 e. The molecular formula is C14H23N3. The van der Waals surface area contributed by atoms with Gasteiger partial charge in [0.2, 0.25) is 0 Å². The lowest BCUT2D eigenvalue weighted by molar-refractivity contribution is 0.176. The average molecular weight is 233 g/mol. The third-order valence-electron chi connectivity index (χ3n) is 3.77. The first-order valence-electron chi connectivity index (χ1n) is 6.68. The topological polar surface area (TPSA) is 42.2 Å². The lowest BCUT2D eigenvalue weighted by atomic mass is 9.85. The summed E-state index contributed by atoms with van der Waals surface area (Å²) in [5.74, 6) is 0.917. The van der Waals surface area contributed by atoms with Crippen LogP contribution in [0.3, 0.4) is 0 Å². The molecule has 0 bridgehead atoms. The van der Waals surface area contributed by atoms with Gasteiger partial charge in [0.1, 0.15) is 0 Å². The summed E-state index contributed by atoms with van der Waals surface area (Å²) in [5.41, 5.74) is 8.08. The van der Waals surface area contributed by atoms with Crippen LogP contribution in [0.25, 0.3) is 0 Å². The maximum atomic E-state index is 5.75. The Hall–Kier alpha value is -0.930. The van der Waals surface area contributed by atoms with Crippen LogP contribution < -0.4 is 5.73 Å². The monoisotopic (exact) mass is 233 g/mol. The standard InChI is InChI=1S/C14H23N3/c1-2-17(10-12-5-3-6-12)11-14-13(9-15)7-4-8-16-14/h4,7-8,12H,2-3,5-6,9-11,15H2,1H3. The van der Waals surface area contributed by atoms with Crippen LogP contribution in [0.2, 0.25) is 0 Å². The molecule has 0 unspecified atom stereocenters. The molecule has 1 fully saturated rings. The van der Waals surface area contributed by atoms with E-state index in [1.807, 2.05) is 12.3 Å². The van der Waals surface area contributed by atoms with E-state index in [1.165, 1.54) is 31.4 Å². The highest BCUT2D eigenvalue weighted by molar-refractivity contribution is 5.19. The molecule has 1 aromatic rings. The van der Waals surface area contributed by atoms with E-state index in [0.717, 1.165) is 24.7 Å². The smallest absolute Gasteiger partial charge is 0.0588 e. The molecule has 0 atom stereocenters. The van der Waals surface area contributed by atoms with Gasteiger partial charge < -0.3 is 5.73 Å². The first kappa shape index (κ1) is 12.5. The van der Waals surface area contributed by atoms with E-state index in [4.69, 9.17) is 5.73 Å². The number of pyridine rings is 1. The van der Waals surface area contributed by atoms with Crippen LogP contribution in [-0.4, -0.2) is 23.0 Å². The van der Waals surface area contributed by atoms with Crippen LogP contribution in [0.5, 0.6) is 0 Å². The molecule has 0 radical (unpaired) electrons. The second-order valence-corrected chi connectivity index (χ2v) is 4.94. The predicted molar refractivity (Wildman–Crippen MR) is 70.4 cm³/mol. The van der Waals surface area contributed by atoms with E-state index in [0.29, 0.717) is 6.54 Å². The number of nitrogens with zero attached hydrogens (tertiary/aromatic N) is 2. The molecule has 0 amide bonds. The number of hydrogen-bond donors (Lipinski definition) is 1. The van der Waals surface area contributed by atoms with Gasteiger partial charge in [-0.1, -0.05) is 19.4 Å². The van der Waals surface area contributed by atoms with Gasteiger partial charge >= 0.3 is 0 Å². The highest BCUT2D eigenvalue weighted by Gasteiger charge is 2.20. The Bertz CT molecular complexity index is 347. The van der Waals surface area contributed by atoms with Crippen molar-refractivity contribution in [2.24, 2.45) is 11.7 Å². The van der Waals surface area contributed by atoms with Gasteiger partial charge in [-0.3, -0.25) is 9.88 Å². The molecule has 1 aromatic heterocycles. The minimum atomic E-state index is 0.587. The number of nitrogens with two attached hydrogens (primary N) is 1. The highest BCUT2D eigenvalue weighted by Crippen LogP contribution is 2.27. The molecule has 94 valence electrons. The normalized spacial score (nSPS) is 16.2. The number of aromatic nitrogens is 1. The second-order valence-electron chi connectivity index (χ2n) is 4.94. The summed E-state index contributed by atoms with van der Waals surface area (Å²) >= 11 is 0. The summed E-state index contributed by atoms with van der Waals surface area (Å²) in [7, 11) is 0. The van der Waals surface area contributed by atoms with Crippen molar-refractivity contribution in [3.63, 3.8) is 0 Å². The Morgan fingerprint density at radius 2 is 2.29 bits per heavy atom. The second kappa shape index (κ2) is 6.12. The van der Waals surface area contributed by atoms with Crippen LogP contribution in [0.15, 0.2) is 18.3 Å². The zero-order valence-corrected chi connectivity index (χ0v) is 10.7. The Labute approximate surface area is 104 Å². The summed E-state index contributed by atoms with van der Waals surface area (Å²) < 4.78 is 0. The molecule has 0 aliphatic heterocycles. The fourth-order valence-corrected chi connectivity index (χ4v) is 2.36. The Morgan fingerprint density at radius 3 is 2.88 bits per heavy atom.